The summed E-state index contributed by atoms with van der Waals surface area (Å²) in [7, 11) is 0. The van der Waals surface area contributed by atoms with Crippen molar-refractivity contribution in [3.63, 3.8) is 0 Å². The second kappa shape index (κ2) is 27.0. The van der Waals surface area contributed by atoms with E-state index in [1.54, 1.807) is 44.2 Å². The van der Waals surface area contributed by atoms with Crippen LogP contribution in [0.3, 0.4) is 0 Å². The second-order valence-electron chi connectivity index (χ2n) is 19.3. The molecule has 0 bridgehead atoms. The van der Waals surface area contributed by atoms with Gasteiger partial charge in [0, 0.05) is 58.4 Å². The van der Waals surface area contributed by atoms with Crippen molar-refractivity contribution < 1.29 is 36.6 Å². The van der Waals surface area contributed by atoms with Crippen LogP contribution in [0.2, 0.25) is 0 Å². The lowest BCUT2D eigenvalue weighted by Crippen LogP contribution is -2.25. The van der Waals surface area contributed by atoms with Crippen molar-refractivity contribution in [1.82, 2.24) is 38.9 Å². The summed E-state index contributed by atoms with van der Waals surface area (Å²) >= 11 is 0. The number of nitrogens with one attached hydrogen (secondary N) is 3. The predicted octanol–water partition coefficient (Wildman–Crippen LogP) is 11.4. The molecule has 9 aromatic rings. The van der Waals surface area contributed by atoms with Gasteiger partial charge in [-0.15, -0.1) is 0 Å². The molecule has 5 aromatic carbocycles. The smallest absolute Gasteiger partial charge is 0.335 e. The van der Waals surface area contributed by atoms with Gasteiger partial charge in [0.05, 0.1) is 17.0 Å². The molecule has 21 heteroatoms. The topological polar surface area (TPSA) is 192 Å². The van der Waals surface area contributed by atoms with Gasteiger partial charge < -0.3 is 30.9 Å². The van der Waals surface area contributed by atoms with Crippen LogP contribution >= 0.6 is 0 Å². The van der Waals surface area contributed by atoms with E-state index in [-0.39, 0.29) is 28.8 Å². The molecule has 16 nitrogen and oxygen atoms in total. The number of aromatic carboxylic acids is 1. The molecule has 4 heterocycles. The molecular formula is C62H62F5N11O5. The van der Waals surface area contributed by atoms with E-state index < -0.39 is 63.5 Å². The van der Waals surface area contributed by atoms with Gasteiger partial charge in [-0.25, -0.2) is 36.7 Å². The van der Waals surface area contributed by atoms with Crippen molar-refractivity contribution in [1.29, 1.82) is 0 Å². The van der Waals surface area contributed by atoms with Crippen molar-refractivity contribution >= 4 is 51.5 Å². The second-order valence-corrected chi connectivity index (χ2v) is 19.3. The molecule has 0 saturated carbocycles. The van der Waals surface area contributed by atoms with E-state index in [1.165, 1.54) is 66.7 Å². The third-order valence-electron chi connectivity index (χ3n) is 14.2. The Morgan fingerprint density at radius 2 is 0.916 bits per heavy atom. The number of hydrogen-bond acceptors (Lipinski definition) is 12. The summed E-state index contributed by atoms with van der Waals surface area (Å²) in [5.74, 6) is -5.30. The van der Waals surface area contributed by atoms with Crippen LogP contribution in [-0.2, 0) is 0 Å². The third-order valence-corrected chi connectivity index (χ3v) is 14.2. The van der Waals surface area contributed by atoms with Crippen LogP contribution in [0.25, 0.3) is 56.0 Å². The summed E-state index contributed by atoms with van der Waals surface area (Å²) in [4.78, 5) is 74.3. The first-order valence-corrected chi connectivity index (χ1v) is 27.2. The molecule has 0 aliphatic rings. The molecule has 430 valence electrons. The number of halogens is 5. The molecule has 4 N–H and O–H groups in total. The average Bonchev–Trinajstić information content (AvgIpc) is 2.94. The number of hydrogen-bond donors (Lipinski definition) is 4. The first kappa shape index (κ1) is 59.9. The highest BCUT2D eigenvalue weighted by molar-refractivity contribution is 6.07. The van der Waals surface area contributed by atoms with E-state index >= 15 is 8.78 Å². The molecular weight excluding hydrogens is 1070 g/mol. The zero-order valence-electron chi connectivity index (χ0n) is 46.7. The molecule has 0 spiro atoms. The summed E-state index contributed by atoms with van der Waals surface area (Å²) in [5, 5.41) is 19.5. The van der Waals surface area contributed by atoms with Crippen molar-refractivity contribution in [2.24, 2.45) is 0 Å². The Labute approximate surface area is 475 Å². The van der Waals surface area contributed by atoms with Crippen LogP contribution in [0.1, 0.15) is 72.4 Å². The van der Waals surface area contributed by atoms with Gasteiger partial charge in [-0.3, -0.25) is 23.5 Å². The summed E-state index contributed by atoms with van der Waals surface area (Å²) in [6, 6.07) is 27.5. The van der Waals surface area contributed by atoms with E-state index in [2.05, 4.69) is 68.4 Å². The number of carbonyl (C=O) groups is 2. The average molecular weight is 1140 g/mol. The number of benzene rings is 5. The lowest BCUT2D eigenvalue weighted by molar-refractivity contribution is 0.0695. The highest BCUT2D eigenvalue weighted by Crippen LogP contribution is 2.34. The van der Waals surface area contributed by atoms with E-state index in [4.69, 9.17) is 4.98 Å². The van der Waals surface area contributed by atoms with Gasteiger partial charge in [0.2, 0.25) is 11.9 Å². The Morgan fingerprint density at radius 1 is 0.518 bits per heavy atom. The Hall–Kier alpha value is -9.21. The highest BCUT2D eigenvalue weighted by Gasteiger charge is 2.24. The van der Waals surface area contributed by atoms with Gasteiger partial charge in [-0.2, -0.15) is 9.97 Å². The zero-order valence-corrected chi connectivity index (χ0v) is 46.7. The maximum Gasteiger partial charge on any atom is 0.335 e. The minimum absolute atomic E-state index is 0.00197. The molecule has 0 fully saturated rings. The summed E-state index contributed by atoms with van der Waals surface area (Å²) < 4.78 is 74.9. The summed E-state index contributed by atoms with van der Waals surface area (Å²) in [6.45, 7) is 18.2. The largest absolute Gasteiger partial charge is 0.478 e. The SMILES string of the molecule is CCN(CC)CCCNc1nc(-c2cccc(C(=O)Nc3ccc(F)cc3)c2C)c2ccc(=O)n(-c3c(F)cccc3F)c2n1.CCN(CC)CCCNc1nc(-c2cccc(C(=O)O)c2C)c2ccc(=O)n(-c3c(F)cccc3F)c2n1. The number of fused-ring (bicyclic) bond motifs is 2. The molecule has 1 amide bonds. The predicted molar refractivity (Wildman–Crippen MR) is 314 cm³/mol. The van der Waals surface area contributed by atoms with Crippen molar-refractivity contribution in [3.8, 4) is 33.9 Å². The minimum Gasteiger partial charge on any atom is -0.478 e. The molecule has 0 unspecified atom stereocenters. The molecule has 0 saturated heterocycles. The number of anilines is 3. The first-order valence-electron chi connectivity index (χ1n) is 27.2. The normalized spacial score (nSPS) is 11.3. The number of amides is 1. The van der Waals surface area contributed by atoms with Gasteiger partial charge in [0.25, 0.3) is 17.0 Å². The van der Waals surface area contributed by atoms with Crippen LogP contribution in [0, 0.1) is 42.9 Å². The number of carbonyl (C=O) groups excluding carboxylic acids is 1. The van der Waals surface area contributed by atoms with Gasteiger partial charge >= 0.3 is 5.97 Å². The Bertz CT molecular complexity index is 3920. The fourth-order valence-corrected chi connectivity index (χ4v) is 9.72. The number of nitrogens with zero attached hydrogens (tertiary/aromatic N) is 8. The Kier molecular flexibility index (Phi) is 19.5. The fraction of sp³-hybridized carbons (Fsp3) is 0.258. The van der Waals surface area contributed by atoms with Crippen LogP contribution in [0.5, 0.6) is 0 Å². The third kappa shape index (κ3) is 13.4. The molecule has 0 radical (unpaired) electrons. The van der Waals surface area contributed by atoms with Crippen molar-refractivity contribution in [2.45, 2.75) is 54.4 Å². The number of rotatable bonds is 21. The number of para-hydroxylation sites is 2. The molecule has 83 heavy (non-hydrogen) atoms. The lowest BCUT2D eigenvalue weighted by Gasteiger charge is -2.19. The summed E-state index contributed by atoms with van der Waals surface area (Å²) in [6.07, 6.45) is 1.56. The summed E-state index contributed by atoms with van der Waals surface area (Å²) in [5.41, 5.74) is 1.21. The number of carboxylic acid groups (broad SMARTS) is 1. The number of aromatic nitrogens is 6. The zero-order chi connectivity index (χ0) is 59.5. The van der Waals surface area contributed by atoms with E-state index in [0.717, 1.165) is 85.5 Å². The first-order chi connectivity index (χ1) is 40.0. The van der Waals surface area contributed by atoms with Gasteiger partial charge in [-0.05, 0) is 150 Å². The molecule has 9 rings (SSSR count). The quantitative estimate of drug-likeness (QED) is 0.0393. The van der Waals surface area contributed by atoms with E-state index in [1.807, 2.05) is 0 Å². The minimum atomic E-state index is -1.09. The van der Waals surface area contributed by atoms with Crippen molar-refractivity contribution in [3.05, 3.63) is 193 Å². The molecule has 0 aliphatic carbocycles. The van der Waals surface area contributed by atoms with Crippen LogP contribution in [0.15, 0.2) is 131 Å². The molecule has 4 aromatic heterocycles. The lowest BCUT2D eigenvalue weighted by atomic mass is 9.97. The Balaban J connectivity index is 0.000000220. The highest BCUT2D eigenvalue weighted by atomic mass is 19.1. The van der Waals surface area contributed by atoms with Crippen LogP contribution < -0.4 is 27.1 Å². The van der Waals surface area contributed by atoms with Crippen LogP contribution in [-0.4, -0.2) is 108 Å². The number of carboxylic acids is 1. The fourth-order valence-electron chi connectivity index (χ4n) is 9.72. The number of pyridine rings is 2. The standard InChI is InChI=1S/C34H33F3N6O2.C28H29F2N5O3/c1-4-42(5-2)20-8-19-38-34-40-30(24-9-6-10-25(21(24)3)33(45)39-23-15-13-22(35)14-16-23)26-17-18-29(44)43(32(26)41-34)31-27(36)11-7-12-28(31)37;1-4-34(5-2)16-8-15-31-28-32-24(18-9-6-10-19(17(18)3)27(37)38)20-13-14-23(36)35(26(20)33-28)25-21(29)11-7-12-22(25)30/h6-7,9-18H,4-5,8,19-20H2,1-3H3,(H,39,45)(H,38,40,41);6-7,9-14H,4-5,8,15-16H2,1-3H3,(H,37,38)(H,31,32,33). The van der Waals surface area contributed by atoms with Gasteiger partial charge in [0.1, 0.15) is 40.5 Å². The maximum atomic E-state index is 15.0. The van der Waals surface area contributed by atoms with Crippen LogP contribution in [0.4, 0.5) is 39.5 Å². The molecule has 0 aliphatic heterocycles. The molecule has 0 atom stereocenters. The van der Waals surface area contributed by atoms with Crippen molar-refractivity contribution in [2.75, 3.05) is 68.3 Å². The van der Waals surface area contributed by atoms with E-state index in [0.29, 0.717) is 68.8 Å². The van der Waals surface area contributed by atoms with E-state index in [9.17, 15) is 37.5 Å². The monoisotopic (exact) mass is 1140 g/mol. The van der Waals surface area contributed by atoms with Gasteiger partial charge in [0.15, 0.2) is 11.3 Å². The Morgan fingerprint density at radius 3 is 1.33 bits per heavy atom. The van der Waals surface area contributed by atoms with Gasteiger partial charge in [-0.1, -0.05) is 64.1 Å². The maximum absolute atomic E-state index is 15.0.